The monoisotopic (exact) mass is 444 g/mol. The largest absolute Gasteiger partial charge is 0.457 e. The van der Waals surface area contributed by atoms with E-state index in [9.17, 15) is 14.4 Å². The van der Waals surface area contributed by atoms with Crippen LogP contribution in [0.25, 0.3) is 0 Å². The lowest BCUT2D eigenvalue weighted by molar-refractivity contribution is 0.0697. The molecule has 33 heavy (non-hydrogen) atoms. The summed E-state index contributed by atoms with van der Waals surface area (Å²) in [5.74, 6) is 0.450. The molecule has 0 atom stereocenters. The van der Waals surface area contributed by atoms with Crippen molar-refractivity contribution in [1.82, 2.24) is 15.2 Å². The number of aromatic nitrogens is 1. The third kappa shape index (κ3) is 5.54. The summed E-state index contributed by atoms with van der Waals surface area (Å²) in [4.78, 5) is 42.1. The molecule has 8 heteroatoms. The number of piperidine rings is 1. The molecular weight excluding hydrogens is 420 g/mol. The Bertz CT molecular complexity index is 1120. The summed E-state index contributed by atoms with van der Waals surface area (Å²) in [6, 6.07) is 16.9. The van der Waals surface area contributed by atoms with Gasteiger partial charge in [0.25, 0.3) is 11.8 Å². The van der Waals surface area contributed by atoms with Gasteiger partial charge in [-0.1, -0.05) is 0 Å². The number of amides is 3. The molecule has 1 aliphatic rings. The summed E-state index contributed by atoms with van der Waals surface area (Å²) in [5, 5.41) is 3.02. The van der Waals surface area contributed by atoms with Crippen LogP contribution < -0.4 is 15.8 Å². The number of carbonyl (C=O) groups excluding carboxylic acids is 3. The molecule has 0 unspecified atom stereocenters. The van der Waals surface area contributed by atoms with Gasteiger partial charge in [-0.3, -0.25) is 19.4 Å². The number of pyridine rings is 1. The summed E-state index contributed by atoms with van der Waals surface area (Å²) >= 11 is 0. The minimum atomic E-state index is -0.496. The average molecular weight is 444 g/mol. The number of rotatable bonds is 6. The number of hydrogen-bond acceptors (Lipinski definition) is 5. The normalized spacial score (nSPS) is 13.9. The zero-order valence-electron chi connectivity index (χ0n) is 17.9. The fourth-order valence-electron chi connectivity index (χ4n) is 3.66. The maximum atomic E-state index is 12.9. The molecule has 1 fully saturated rings. The summed E-state index contributed by atoms with van der Waals surface area (Å²) in [6.07, 6.45) is 4.56. The quantitative estimate of drug-likeness (QED) is 0.607. The maximum absolute atomic E-state index is 12.9. The number of hydrogen-bond donors (Lipinski definition) is 2. The van der Waals surface area contributed by atoms with Crippen LogP contribution >= 0.6 is 0 Å². The molecule has 0 saturated carbocycles. The number of primary amides is 1. The molecule has 3 N–H and O–H groups in total. The Morgan fingerprint density at radius 3 is 2.03 bits per heavy atom. The van der Waals surface area contributed by atoms with Gasteiger partial charge in [0.15, 0.2) is 0 Å². The molecule has 1 saturated heterocycles. The van der Waals surface area contributed by atoms with Crippen LogP contribution in [0, 0.1) is 0 Å². The Balaban J connectivity index is 1.29. The summed E-state index contributed by atoms with van der Waals surface area (Å²) in [7, 11) is 0. The van der Waals surface area contributed by atoms with E-state index < -0.39 is 5.91 Å². The molecule has 2 aromatic carbocycles. The van der Waals surface area contributed by atoms with E-state index in [-0.39, 0.29) is 17.9 Å². The lowest BCUT2D eigenvalue weighted by atomic mass is 10.0. The van der Waals surface area contributed by atoms with Crippen molar-refractivity contribution in [2.45, 2.75) is 18.9 Å². The highest BCUT2D eigenvalue weighted by atomic mass is 16.5. The van der Waals surface area contributed by atoms with Gasteiger partial charge in [0.1, 0.15) is 11.5 Å². The second-order valence-electron chi connectivity index (χ2n) is 7.80. The van der Waals surface area contributed by atoms with Crippen LogP contribution in [0.15, 0.2) is 73.1 Å². The van der Waals surface area contributed by atoms with Crippen molar-refractivity contribution in [3.8, 4) is 11.5 Å². The number of nitrogens with zero attached hydrogens (tertiary/aromatic N) is 2. The molecule has 0 aliphatic carbocycles. The second kappa shape index (κ2) is 9.95. The van der Waals surface area contributed by atoms with Crippen LogP contribution in [0.1, 0.15) is 43.9 Å². The first-order valence-corrected chi connectivity index (χ1v) is 10.7. The number of nitrogens with one attached hydrogen (secondary N) is 1. The number of ether oxygens (including phenoxy) is 1. The van der Waals surface area contributed by atoms with Gasteiger partial charge in [0, 0.05) is 42.7 Å². The molecule has 1 aromatic heterocycles. The van der Waals surface area contributed by atoms with Crippen LogP contribution in [0.3, 0.4) is 0 Å². The number of likely N-dealkylation sites (tertiary alicyclic amines) is 1. The maximum Gasteiger partial charge on any atom is 0.253 e. The number of carbonyl (C=O) groups is 3. The van der Waals surface area contributed by atoms with Crippen LogP contribution in [-0.4, -0.2) is 46.7 Å². The van der Waals surface area contributed by atoms with Crippen LogP contribution in [0.2, 0.25) is 0 Å². The van der Waals surface area contributed by atoms with Crippen molar-refractivity contribution in [3.05, 3.63) is 89.7 Å². The van der Waals surface area contributed by atoms with Crippen molar-refractivity contribution in [2.75, 3.05) is 13.1 Å². The van der Waals surface area contributed by atoms with Crippen molar-refractivity contribution in [3.63, 3.8) is 0 Å². The van der Waals surface area contributed by atoms with E-state index >= 15 is 0 Å². The van der Waals surface area contributed by atoms with Gasteiger partial charge in [-0.2, -0.15) is 0 Å². The molecular formula is C25H24N4O4. The SMILES string of the molecule is NC(=O)c1ccc(Oc2ccc(C(=O)N3CCC(NC(=O)c4cccnc4)CC3)cc2)cc1. The first-order valence-electron chi connectivity index (χ1n) is 10.7. The van der Waals surface area contributed by atoms with E-state index in [2.05, 4.69) is 10.3 Å². The standard InChI is InChI=1S/C25H24N4O4/c26-23(30)17-3-7-21(8-4-17)33-22-9-5-18(6-10-22)25(32)29-14-11-20(12-15-29)28-24(31)19-2-1-13-27-16-19/h1-10,13,16,20H,11-12,14-15H2,(H2,26,30)(H,28,31). The highest BCUT2D eigenvalue weighted by molar-refractivity contribution is 5.95. The molecule has 2 heterocycles. The highest BCUT2D eigenvalue weighted by Crippen LogP contribution is 2.23. The van der Waals surface area contributed by atoms with Gasteiger partial charge in [-0.25, -0.2) is 0 Å². The minimum Gasteiger partial charge on any atom is -0.457 e. The van der Waals surface area contributed by atoms with Crippen LogP contribution in [-0.2, 0) is 0 Å². The molecule has 3 amide bonds. The van der Waals surface area contributed by atoms with Gasteiger partial charge in [0.2, 0.25) is 5.91 Å². The van der Waals surface area contributed by atoms with E-state index in [1.54, 1.807) is 71.8 Å². The Hall–Kier alpha value is -4.20. The third-order valence-electron chi connectivity index (χ3n) is 5.52. The van der Waals surface area contributed by atoms with Gasteiger partial charge in [-0.15, -0.1) is 0 Å². The number of nitrogens with two attached hydrogens (primary N) is 1. The summed E-state index contributed by atoms with van der Waals surface area (Å²) in [6.45, 7) is 1.14. The first kappa shape index (κ1) is 22.0. The Kier molecular flexibility index (Phi) is 6.64. The highest BCUT2D eigenvalue weighted by Gasteiger charge is 2.25. The van der Waals surface area contributed by atoms with Crippen LogP contribution in [0.4, 0.5) is 0 Å². The van der Waals surface area contributed by atoms with Gasteiger partial charge < -0.3 is 20.7 Å². The topological polar surface area (TPSA) is 115 Å². The van der Waals surface area contributed by atoms with Gasteiger partial charge in [-0.05, 0) is 73.5 Å². The summed E-state index contributed by atoms with van der Waals surface area (Å²) < 4.78 is 5.76. The van der Waals surface area contributed by atoms with E-state index in [0.29, 0.717) is 54.1 Å². The van der Waals surface area contributed by atoms with Crippen molar-refractivity contribution in [2.24, 2.45) is 5.73 Å². The number of benzene rings is 2. The van der Waals surface area contributed by atoms with Crippen molar-refractivity contribution in [1.29, 1.82) is 0 Å². The van der Waals surface area contributed by atoms with Crippen molar-refractivity contribution < 1.29 is 19.1 Å². The molecule has 4 rings (SSSR count). The Labute approximate surface area is 191 Å². The van der Waals surface area contributed by atoms with Crippen molar-refractivity contribution >= 4 is 17.7 Å². The lowest BCUT2D eigenvalue weighted by Gasteiger charge is -2.32. The van der Waals surface area contributed by atoms with E-state index in [0.717, 1.165) is 0 Å². The average Bonchev–Trinajstić information content (AvgIpc) is 2.85. The fourth-order valence-corrected chi connectivity index (χ4v) is 3.66. The molecule has 168 valence electrons. The molecule has 0 bridgehead atoms. The zero-order valence-corrected chi connectivity index (χ0v) is 17.9. The van der Waals surface area contributed by atoms with Gasteiger partial charge in [0.05, 0.1) is 5.56 Å². The van der Waals surface area contributed by atoms with Gasteiger partial charge >= 0.3 is 0 Å². The predicted molar refractivity (Wildman–Crippen MR) is 122 cm³/mol. The smallest absolute Gasteiger partial charge is 0.253 e. The molecule has 8 nitrogen and oxygen atoms in total. The summed E-state index contributed by atoms with van der Waals surface area (Å²) in [5.41, 5.74) is 6.75. The molecule has 0 spiro atoms. The Morgan fingerprint density at radius 2 is 1.48 bits per heavy atom. The van der Waals surface area contributed by atoms with E-state index in [4.69, 9.17) is 10.5 Å². The molecule has 0 radical (unpaired) electrons. The van der Waals surface area contributed by atoms with E-state index in [1.165, 1.54) is 6.20 Å². The lowest BCUT2D eigenvalue weighted by Crippen LogP contribution is -2.46. The minimum absolute atomic E-state index is 0.0264. The fraction of sp³-hybridized carbons (Fsp3) is 0.200. The second-order valence-corrected chi connectivity index (χ2v) is 7.80. The Morgan fingerprint density at radius 1 is 0.879 bits per heavy atom. The van der Waals surface area contributed by atoms with E-state index in [1.807, 2.05) is 0 Å². The molecule has 1 aliphatic heterocycles. The zero-order chi connectivity index (χ0) is 23.2. The predicted octanol–water partition coefficient (Wildman–Crippen LogP) is 3.01. The molecule has 3 aromatic rings. The first-order chi connectivity index (χ1) is 16.0. The van der Waals surface area contributed by atoms with Crippen LogP contribution in [0.5, 0.6) is 11.5 Å². The third-order valence-corrected chi connectivity index (χ3v) is 5.52.